The van der Waals surface area contributed by atoms with Gasteiger partial charge in [0.05, 0.1) is 26.5 Å². The van der Waals surface area contributed by atoms with Crippen molar-refractivity contribution in [2.45, 2.75) is 9.79 Å². The number of benzene rings is 1. The fraction of sp³-hybridized carbons (Fsp3) is 0.105. The Labute approximate surface area is 156 Å². The Bertz CT molecular complexity index is 1190. The molecular weight excluding hydrogens is 364 g/mol. The molecule has 0 bridgehead atoms. The Kier molecular flexibility index (Phi) is 4.79. The van der Waals surface area contributed by atoms with Crippen molar-refractivity contribution in [2.75, 3.05) is 14.1 Å². The Hall–Kier alpha value is -3.44. The maximum atomic E-state index is 13.0. The van der Waals surface area contributed by atoms with Gasteiger partial charge in [-0.05, 0) is 24.3 Å². The molecule has 0 aliphatic rings. The van der Waals surface area contributed by atoms with Crippen molar-refractivity contribution in [3.05, 3.63) is 66.1 Å². The molecule has 0 radical (unpaired) electrons. The van der Waals surface area contributed by atoms with Crippen LogP contribution in [0.4, 0.5) is 0 Å². The first-order valence-corrected chi connectivity index (χ1v) is 9.44. The molecule has 27 heavy (non-hydrogen) atoms. The van der Waals surface area contributed by atoms with Crippen LogP contribution in [0.2, 0.25) is 0 Å². The van der Waals surface area contributed by atoms with Crippen LogP contribution in [0, 0.1) is 11.3 Å². The minimum absolute atomic E-state index is 0.0212. The van der Waals surface area contributed by atoms with Crippen molar-refractivity contribution in [2.24, 2.45) is 0 Å². The fourth-order valence-electron chi connectivity index (χ4n) is 2.62. The van der Waals surface area contributed by atoms with Gasteiger partial charge in [0.15, 0.2) is 0 Å². The van der Waals surface area contributed by atoms with Crippen molar-refractivity contribution in [1.29, 1.82) is 5.26 Å². The number of ketones is 1. The molecule has 0 aliphatic carbocycles. The summed E-state index contributed by atoms with van der Waals surface area (Å²) in [5.41, 5.74) is 0.589. The van der Waals surface area contributed by atoms with Gasteiger partial charge in [-0.2, -0.15) is 5.26 Å². The normalized spacial score (nSPS) is 12.0. The highest BCUT2D eigenvalue weighted by atomic mass is 32.2. The number of aromatic amines is 1. The number of nitrogens with one attached hydrogen (secondary N) is 1. The summed E-state index contributed by atoms with van der Waals surface area (Å²) in [4.78, 5) is 21.3. The zero-order valence-electron chi connectivity index (χ0n) is 14.7. The molecule has 1 N–H and O–H groups in total. The number of carbonyl (C=O) groups is 1. The maximum Gasteiger partial charge on any atom is 0.221 e. The molecule has 0 amide bonds. The molecule has 8 heteroatoms. The lowest BCUT2D eigenvalue weighted by Crippen LogP contribution is -2.09. The highest BCUT2D eigenvalue weighted by Gasteiger charge is 2.23. The van der Waals surface area contributed by atoms with Gasteiger partial charge < -0.3 is 9.88 Å². The van der Waals surface area contributed by atoms with Crippen molar-refractivity contribution < 1.29 is 13.2 Å². The van der Waals surface area contributed by atoms with E-state index in [0.29, 0.717) is 5.52 Å². The summed E-state index contributed by atoms with van der Waals surface area (Å²) in [6, 6.07) is 12.7. The quantitative estimate of drug-likeness (QED) is 0.414. The van der Waals surface area contributed by atoms with Crippen LogP contribution < -0.4 is 0 Å². The smallest absolute Gasteiger partial charge is 0.221 e. The lowest BCUT2D eigenvalue weighted by atomic mass is 10.1. The summed E-state index contributed by atoms with van der Waals surface area (Å²) in [5.74, 6) is -0.535. The molecule has 0 fully saturated rings. The van der Waals surface area contributed by atoms with E-state index >= 15 is 0 Å². The molecule has 1 aromatic carbocycles. The maximum absolute atomic E-state index is 13.0. The molecule has 0 aliphatic heterocycles. The van der Waals surface area contributed by atoms with Gasteiger partial charge in [0.2, 0.25) is 15.6 Å². The van der Waals surface area contributed by atoms with Crippen molar-refractivity contribution in [1.82, 2.24) is 14.9 Å². The predicted octanol–water partition coefficient (Wildman–Crippen LogP) is 2.55. The molecule has 0 unspecified atom stereocenters. The van der Waals surface area contributed by atoms with E-state index in [2.05, 4.69) is 9.97 Å². The summed E-state index contributed by atoms with van der Waals surface area (Å²) in [6.07, 6.45) is 2.78. The van der Waals surface area contributed by atoms with Crippen LogP contribution in [-0.2, 0) is 9.84 Å². The molecule has 0 saturated carbocycles. The van der Waals surface area contributed by atoms with Gasteiger partial charge in [-0.3, -0.25) is 9.78 Å². The Morgan fingerprint density at radius 1 is 1.22 bits per heavy atom. The predicted molar refractivity (Wildman–Crippen MR) is 99.7 cm³/mol. The van der Waals surface area contributed by atoms with Crippen LogP contribution in [-0.4, -0.2) is 43.2 Å². The highest BCUT2D eigenvalue weighted by Crippen LogP contribution is 2.27. The largest absolute Gasteiger partial charge is 0.382 e. The van der Waals surface area contributed by atoms with Crippen LogP contribution in [0.25, 0.3) is 11.0 Å². The second-order valence-electron chi connectivity index (χ2n) is 6.02. The van der Waals surface area contributed by atoms with Gasteiger partial charge >= 0.3 is 0 Å². The first-order valence-electron chi connectivity index (χ1n) is 7.95. The Balaban J connectivity index is 2.15. The van der Waals surface area contributed by atoms with Crippen LogP contribution in [0.5, 0.6) is 0 Å². The number of nitriles is 1. The van der Waals surface area contributed by atoms with Crippen LogP contribution in [0.15, 0.2) is 70.2 Å². The second kappa shape index (κ2) is 7.05. The molecule has 3 aromatic rings. The average Bonchev–Trinajstić information content (AvgIpc) is 3.10. The lowest BCUT2D eigenvalue weighted by Gasteiger charge is -2.06. The van der Waals surface area contributed by atoms with Crippen LogP contribution in [0.1, 0.15) is 10.5 Å². The highest BCUT2D eigenvalue weighted by molar-refractivity contribution is 7.91. The molecule has 0 atom stereocenters. The number of sulfone groups is 1. The number of Topliss-reactive ketones (excluding diaryl/α,β-unsaturated/α-hetero) is 1. The number of nitrogens with zero attached hydrogens (tertiary/aromatic N) is 3. The van der Waals surface area contributed by atoms with Gasteiger partial charge in [-0.1, -0.05) is 18.2 Å². The summed E-state index contributed by atoms with van der Waals surface area (Å²) in [6.45, 7) is 0. The number of carbonyl (C=O) groups excluding carboxylic acids is 1. The Morgan fingerprint density at radius 3 is 2.56 bits per heavy atom. The van der Waals surface area contributed by atoms with Gasteiger partial charge in [0.1, 0.15) is 11.6 Å². The Morgan fingerprint density at radius 2 is 1.93 bits per heavy atom. The molecule has 0 saturated heterocycles. The first-order chi connectivity index (χ1) is 12.8. The third-order valence-corrected chi connectivity index (χ3v) is 5.63. The molecule has 2 heterocycles. The van der Waals surface area contributed by atoms with E-state index in [1.807, 2.05) is 6.07 Å². The van der Waals surface area contributed by atoms with E-state index in [1.54, 1.807) is 37.2 Å². The summed E-state index contributed by atoms with van der Waals surface area (Å²) in [5, 5.41) is 9.22. The van der Waals surface area contributed by atoms with Gasteiger partial charge in [0.25, 0.3) is 0 Å². The van der Waals surface area contributed by atoms with E-state index in [9.17, 15) is 18.5 Å². The zero-order chi connectivity index (χ0) is 19.6. The average molecular weight is 380 g/mol. The zero-order valence-corrected chi connectivity index (χ0v) is 15.5. The number of H-pyrrole nitrogens is 1. The standard InChI is InChI=1S/C19H16N4O3S/c1-23(2)12-13(11-20)19(24)16-10-15-18(22-16)17(8-9-21-15)27(25,26)14-6-4-3-5-7-14/h3-10,12,22H,1-2H3. The molecule has 0 spiro atoms. The second-order valence-corrected chi connectivity index (χ2v) is 7.93. The first kappa shape index (κ1) is 18.4. The monoisotopic (exact) mass is 380 g/mol. The van der Waals surface area contributed by atoms with Crippen molar-refractivity contribution in [3.63, 3.8) is 0 Å². The number of pyridine rings is 1. The summed E-state index contributed by atoms with van der Waals surface area (Å²) in [7, 11) is -0.400. The minimum Gasteiger partial charge on any atom is -0.382 e. The molecule has 2 aromatic heterocycles. The van der Waals surface area contributed by atoms with E-state index in [1.165, 1.54) is 36.7 Å². The SMILES string of the molecule is CN(C)C=C(C#N)C(=O)c1cc2nccc(S(=O)(=O)c3ccccc3)c2[nH]1. The third-order valence-electron chi connectivity index (χ3n) is 3.82. The molecule has 7 nitrogen and oxygen atoms in total. The molecule has 136 valence electrons. The van der Waals surface area contributed by atoms with Gasteiger partial charge in [-0.25, -0.2) is 8.42 Å². The van der Waals surface area contributed by atoms with E-state index in [0.717, 1.165) is 0 Å². The van der Waals surface area contributed by atoms with E-state index in [-0.39, 0.29) is 26.6 Å². The number of rotatable bonds is 5. The topological polar surface area (TPSA) is 107 Å². The van der Waals surface area contributed by atoms with Crippen LogP contribution >= 0.6 is 0 Å². The third kappa shape index (κ3) is 3.45. The summed E-state index contributed by atoms with van der Waals surface area (Å²) >= 11 is 0. The number of fused-ring (bicyclic) bond motifs is 1. The van der Waals surface area contributed by atoms with Gasteiger partial charge in [-0.15, -0.1) is 0 Å². The fourth-order valence-corrected chi connectivity index (χ4v) is 4.05. The van der Waals surface area contributed by atoms with Gasteiger partial charge in [0, 0.05) is 26.5 Å². The number of hydrogen-bond donors (Lipinski definition) is 1. The van der Waals surface area contributed by atoms with E-state index in [4.69, 9.17) is 0 Å². The minimum atomic E-state index is -3.79. The number of aromatic nitrogens is 2. The molecular formula is C19H16N4O3S. The van der Waals surface area contributed by atoms with Crippen molar-refractivity contribution in [3.8, 4) is 6.07 Å². The number of allylic oxidation sites excluding steroid dienone is 1. The molecule has 3 rings (SSSR count). The van der Waals surface area contributed by atoms with Crippen molar-refractivity contribution >= 4 is 26.7 Å². The number of hydrogen-bond acceptors (Lipinski definition) is 6. The van der Waals surface area contributed by atoms with E-state index < -0.39 is 15.6 Å². The van der Waals surface area contributed by atoms with Crippen LogP contribution in [0.3, 0.4) is 0 Å². The lowest BCUT2D eigenvalue weighted by molar-refractivity contribution is 0.103. The summed E-state index contributed by atoms with van der Waals surface area (Å²) < 4.78 is 25.9.